The van der Waals surface area contributed by atoms with Crippen LogP contribution in [-0.2, 0) is 17.8 Å². The number of carbonyl (C=O) groups excluding carboxylic acids is 2. The maximum absolute atomic E-state index is 13.4. The van der Waals surface area contributed by atoms with Crippen molar-refractivity contribution in [1.82, 2.24) is 19.8 Å². The average molecular weight is 513 g/mol. The summed E-state index contributed by atoms with van der Waals surface area (Å²) in [6.07, 6.45) is 2.36. The van der Waals surface area contributed by atoms with Gasteiger partial charge in [0, 0.05) is 35.1 Å². The summed E-state index contributed by atoms with van der Waals surface area (Å²) in [6, 6.07) is 15.5. The standard InChI is InChI=1S/C26H33BrN4O2/c1-5-18(3)31(19(4)6-2)25(32)17-30-23-13-8-7-12-22(23)29-24(30)14-15-28-26(33)20-10-9-11-21(27)16-20/h7-13,16,18-19H,5-6,14-15,17H2,1-4H3,(H,28,33). The Morgan fingerprint density at radius 1 is 1.06 bits per heavy atom. The number of rotatable bonds is 10. The largest absolute Gasteiger partial charge is 0.352 e. The van der Waals surface area contributed by atoms with E-state index in [2.05, 4.69) is 48.9 Å². The lowest BCUT2D eigenvalue weighted by atomic mass is 10.1. The summed E-state index contributed by atoms with van der Waals surface area (Å²) in [7, 11) is 0. The fourth-order valence-corrected chi connectivity index (χ4v) is 4.45. The number of imidazole rings is 1. The zero-order valence-corrected chi connectivity index (χ0v) is 21.4. The lowest BCUT2D eigenvalue weighted by Gasteiger charge is -2.34. The molecule has 7 heteroatoms. The van der Waals surface area contributed by atoms with Crippen LogP contribution in [0.2, 0.25) is 0 Å². The summed E-state index contributed by atoms with van der Waals surface area (Å²) in [4.78, 5) is 32.7. The van der Waals surface area contributed by atoms with E-state index in [4.69, 9.17) is 4.98 Å². The van der Waals surface area contributed by atoms with Gasteiger partial charge in [0.25, 0.3) is 5.91 Å². The molecule has 3 rings (SSSR count). The van der Waals surface area contributed by atoms with Crippen LogP contribution in [0, 0.1) is 0 Å². The number of fused-ring (bicyclic) bond motifs is 1. The van der Waals surface area contributed by atoms with Crippen LogP contribution in [0.15, 0.2) is 53.0 Å². The van der Waals surface area contributed by atoms with Crippen LogP contribution in [0.3, 0.4) is 0 Å². The van der Waals surface area contributed by atoms with Gasteiger partial charge in [0.15, 0.2) is 0 Å². The highest BCUT2D eigenvalue weighted by Crippen LogP contribution is 2.19. The third-order valence-corrected chi connectivity index (χ3v) is 6.66. The molecule has 2 amide bonds. The molecule has 33 heavy (non-hydrogen) atoms. The molecule has 0 saturated carbocycles. The Morgan fingerprint density at radius 2 is 1.76 bits per heavy atom. The fourth-order valence-electron chi connectivity index (χ4n) is 4.05. The highest BCUT2D eigenvalue weighted by atomic mass is 79.9. The lowest BCUT2D eigenvalue weighted by Crippen LogP contribution is -2.46. The van der Waals surface area contributed by atoms with Crippen LogP contribution >= 0.6 is 15.9 Å². The Kier molecular flexibility index (Phi) is 8.67. The van der Waals surface area contributed by atoms with Crippen LogP contribution in [0.25, 0.3) is 11.0 Å². The van der Waals surface area contributed by atoms with Gasteiger partial charge in [-0.25, -0.2) is 4.98 Å². The first-order chi connectivity index (χ1) is 15.8. The first kappa shape index (κ1) is 25.0. The molecule has 0 aliphatic rings. The number of aromatic nitrogens is 2. The van der Waals surface area contributed by atoms with E-state index in [0.29, 0.717) is 18.5 Å². The van der Waals surface area contributed by atoms with E-state index in [1.165, 1.54) is 0 Å². The molecule has 3 aromatic rings. The van der Waals surface area contributed by atoms with E-state index in [1.807, 2.05) is 45.9 Å². The second kappa shape index (κ2) is 11.5. The van der Waals surface area contributed by atoms with Gasteiger partial charge in [-0.05, 0) is 57.0 Å². The van der Waals surface area contributed by atoms with E-state index in [-0.39, 0.29) is 30.4 Å². The summed E-state index contributed by atoms with van der Waals surface area (Å²) in [5, 5.41) is 2.97. The molecule has 2 aromatic carbocycles. The number of carbonyl (C=O) groups is 2. The third-order valence-electron chi connectivity index (χ3n) is 6.17. The Labute approximate surface area is 204 Å². The molecule has 1 heterocycles. The summed E-state index contributed by atoms with van der Waals surface area (Å²) < 4.78 is 2.86. The van der Waals surface area contributed by atoms with Crippen LogP contribution in [0.5, 0.6) is 0 Å². The minimum absolute atomic E-state index is 0.0984. The van der Waals surface area contributed by atoms with Gasteiger partial charge < -0.3 is 14.8 Å². The number of hydrogen-bond acceptors (Lipinski definition) is 3. The smallest absolute Gasteiger partial charge is 0.251 e. The Hall–Kier alpha value is -2.67. The zero-order chi connectivity index (χ0) is 24.0. The number of halogens is 1. The molecule has 0 saturated heterocycles. The minimum atomic E-state index is -0.130. The first-order valence-electron chi connectivity index (χ1n) is 11.6. The second-order valence-electron chi connectivity index (χ2n) is 8.43. The van der Waals surface area contributed by atoms with Crippen molar-refractivity contribution in [3.63, 3.8) is 0 Å². The van der Waals surface area contributed by atoms with Gasteiger partial charge in [-0.15, -0.1) is 0 Å². The second-order valence-corrected chi connectivity index (χ2v) is 9.35. The van der Waals surface area contributed by atoms with E-state index < -0.39 is 0 Å². The van der Waals surface area contributed by atoms with Crippen molar-refractivity contribution in [3.8, 4) is 0 Å². The molecule has 176 valence electrons. The van der Waals surface area contributed by atoms with Crippen LogP contribution in [0.1, 0.15) is 56.7 Å². The fraction of sp³-hybridized carbons (Fsp3) is 0.423. The maximum atomic E-state index is 13.4. The monoisotopic (exact) mass is 512 g/mol. The SMILES string of the molecule is CCC(C)N(C(=O)Cn1c(CCNC(=O)c2cccc(Br)c2)nc2ccccc21)C(C)CC. The Balaban J connectivity index is 1.79. The number of para-hydroxylation sites is 2. The van der Waals surface area contributed by atoms with Crippen molar-refractivity contribution < 1.29 is 9.59 Å². The molecule has 2 atom stereocenters. The number of amides is 2. The van der Waals surface area contributed by atoms with Crippen molar-refractivity contribution >= 4 is 38.8 Å². The summed E-state index contributed by atoms with van der Waals surface area (Å²) in [6.45, 7) is 9.11. The summed E-state index contributed by atoms with van der Waals surface area (Å²) >= 11 is 3.40. The van der Waals surface area contributed by atoms with Gasteiger partial charge in [0.05, 0.1) is 11.0 Å². The van der Waals surface area contributed by atoms with Crippen molar-refractivity contribution in [3.05, 3.63) is 64.4 Å². The molecule has 6 nitrogen and oxygen atoms in total. The van der Waals surface area contributed by atoms with Gasteiger partial charge in [0.1, 0.15) is 12.4 Å². The molecule has 0 fully saturated rings. The predicted octanol–water partition coefficient (Wildman–Crippen LogP) is 5.20. The normalized spacial score (nSPS) is 13.0. The highest BCUT2D eigenvalue weighted by Gasteiger charge is 2.25. The molecular formula is C26H33BrN4O2. The first-order valence-corrected chi connectivity index (χ1v) is 12.4. The number of hydrogen-bond donors (Lipinski definition) is 1. The van der Waals surface area contributed by atoms with Crippen molar-refractivity contribution in [1.29, 1.82) is 0 Å². The molecule has 2 unspecified atom stereocenters. The lowest BCUT2D eigenvalue weighted by molar-refractivity contribution is -0.136. The van der Waals surface area contributed by atoms with E-state index >= 15 is 0 Å². The van der Waals surface area contributed by atoms with Crippen molar-refractivity contribution in [2.45, 2.75) is 65.6 Å². The maximum Gasteiger partial charge on any atom is 0.251 e. The molecule has 1 N–H and O–H groups in total. The van der Waals surface area contributed by atoms with E-state index in [1.54, 1.807) is 12.1 Å². The average Bonchev–Trinajstić information content (AvgIpc) is 3.15. The molecule has 0 radical (unpaired) electrons. The van der Waals surface area contributed by atoms with Gasteiger partial charge >= 0.3 is 0 Å². The van der Waals surface area contributed by atoms with Gasteiger partial charge in [-0.2, -0.15) is 0 Å². The summed E-state index contributed by atoms with van der Waals surface area (Å²) in [5.41, 5.74) is 2.40. The number of nitrogens with zero attached hydrogens (tertiary/aromatic N) is 3. The Morgan fingerprint density at radius 3 is 2.42 bits per heavy atom. The van der Waals surface area contributed by atoms with E-state index in [9.17, 15) is 9.59 Å². The van der Waals surface area contributed by atoms with Gasteiger partial charge in [-0.3, -0.25) is 9.59 Å². The van der Waals surface area contributed by atoms with Crippen LogP contribution in [-0.4, -0.2) is 44.9 Å². The zero-order valence-electron chi connectivity index (χ0n) is 19.8. The molecule has 1 aromatic heterocycles. The molecule has 0 aliphatic carbocycles. The van der Waals surface area contributed by atoms with Gasteiger partial charge in [-0.1, -0.05) is 48.0 Å². The van der Waals surface area contributed by atoms with Crippen LogP contribution < -0.4 is 5.32 Å². The quantitative estimate of drug-likeness (QED) is 0.406. The summed E-state index contributed by atoms with van der Waals surface area (Å²) in [5.74, 6) is 0.767. The van der Waals surface area contributed by atoms with Crippen molar-refractivity contribution in [2.24, 2.45) is 0 Å². The number of nitrogens with one attached hydrogen (secondary N) is 1. The molecular weight excluding hydrogens is 480 g/mol. The van der Waals surface area contributed by atoms with Gasteiger partial charge in [0.2, 0.25) is 5.91 Å². The van der Waals surface area contributed by atoms with Crippen molar-refractivity contribution in [2.75, 3.05) is 6.54 Å². The molecule has 0 aliphatic heterocycles. The Bertz CT molecular complexity index is 1100. The van der Waals surface area contributed by atoms with Crippen LogP contribution in [0.4, 0.5) is 0 Å². The molecule has 0 spiro atoms. The third kappa shape index (κ3) is 6.02. The molecule has 0 bridgehead atoms. The van der Waals surface area contributed by atoms with E-state index in [0.717, 1.165) is 34.2 Å². The minimum Gasteiger partial charge on any atom is -0.352 e. The predicted molar refractivity (Wildman–Crippen MR) is 136 cm³/mol. The topological polar surface area (TPSA) is 67.2 Å². The number of benzene rings is 2. The highest BCUT2D eigenvalue weighted by molar-refractivity contribution is 9.10.